The van der Waals surface area contributed by atoms with Crippen LogP contribution in [0.4, 0.5) is 10.1 Å². The van der Waals surface area contributed by atoms with E-state index in [9.17, 15) is 14.0 Å². The minimum absolute atomic E-state index is 0.0924. The van der Waals surface area contributed by atoms with E-state index in [1.807, 2.05) is 31.2 Å². The molecule has 6 nitrogen and oxygen atoms in total. The highest BCUT2D eigenvalue weighted by Gasteiger charge is 2.35. The van der Waals surface area contributed by atoms with Gasteiger partial charge in [-0.1, -0.05) is 23.9 Å². The molecular weight excluding hydrogens is 393 g/mol. The molecule has 2 aromatic carbocycles. The van der Waals surface area contributed by atoms with E-state index in [0.717, 1.165) is 11.3 Å². The Morgan fingerprint density at radius 1 is 1.24 bits per heavy atom. The molecule has 1 atom stereocenters. The minimum atomic E-state index is -0.547. The van der Waals surface area contributed by atoms with Gasteiger partial charge in [-0.3, -0.25) is 14.5 Å². The van der Waals surface area contributed by atoms with Crippen LogP contribution < -0.4 is 10.1 Å². The summed E-state index contributed by atoms with van der Waals surface area (Å²) >= 11 is 1.24. The Morgan fingerprint density at radius 2 is 1.93 bits per heavy atom. The van der Waals surface area contributed by atoms with Crippen molar-refractivity contribution in [2.75, 3.05) is 13.7 Å². The van der Waals surface area contributed by atoms with Crippen LogP contribution in [-0.4, -0.2) is 40.8 Å². The van der Waals surface area contributed by atoms with Crippen molar-refractivity contribution in [3.8, 4) is 5.75 Å². The lowest BCUT2D eigenvalue weighted by molar-refractivity contribution is -0.130. The molecular formula is C21H22FN3O3S. The summed E-state index contributed by atoms with van der Waals surface area (Å²) in [5.41, 5.74) is 1.42. The van der Waals surface area contributed by atoms with Crippen LogP contribution >= 0.6 is 11.8 Å². The molecule has 2 aromatic rings. The summed E-state index contributed by atoms with van der Waals surface area (Å²) in [6.45, 7) is 2.64. The molecule has 1 N–H and O–H groups in total. The summed E-state index contributed by atoms with van der Waals surface area (Å²) in [4.78, 5) is 31.3. The topological polar surface area (TPSA) is 71.0 Å². The van der Waals surface area contributed by atoms with Gasteiger partial charge in [0, 0.05) is 13.0 Å². The summed E-state index contributed by atoms with van der Waals surface area (Å²) in [6, 6.07) is 13.1. The van der Waals surface area contributed by atoms with Crippen molar-refractivity contribution in [3.63, 3.8) is 0 Å². The lowest BCUT2D eigenvalue weighted by Crippen LogP contribution is -2.46. The van der Waals surface area contributed by atoms with E-state index in [4.69, 9.17) is 4.74 Å². The van der Waals surface area contributed by atoms with Crippen LogP contribution in [-0.2, 0) is 16.1 Å². The third-order valence-corrected chi connectivity index (χ3v) is 5.52. The maximum absolute atomic E-state index is 13.2. The van der Waals surface area contributed by atoms with Crippen molar-refractivity contribution in [3.05, 3.63) is 59.9 Å². The van der Waals surface area contributed by atoms with E-state index in [-0.39, 0.29) is 24.1 Å². The molecule has 1 aliphatic rings. The Balaban J connectivity index is 1.89. The molecule has 1 unspecified atom stereocenters. The molecule has 29 heavy (non-hydrogen) atoms. The molecule has 0 spiro atoms. The Labute approximate surface area is 173 Å². The van der Waals surface area contributed by atoms with Gasteiger partial charge in [0.05, 0.1) is 24.6 Å². The Kier molecular flexibility index (Phi) is 6.87. The number of rotatable bonds is 6. The molecule has 0 bridgehead atoms. The van der Waals surface area contributed by atoms with E-state index < -0.39 is 5.25 Å². The quantitative estimate of drug-likeness (QED) is 0.784. The molecule has 0 aliphatic carbocycles. The smallest absolute Gasteiger partial charge is 0.234 e. The van der Waals surface area contributed by atoms with Crippen LogP contribution in [0.5, 0.6) is 5.75 Å². The van der Waals surface area contributed by atoms with Gasteiger partial charge in [0.15, 0.2) is 5.17 Å². The Morgan fingerprint density at radius 3 is 2.55 bits per heavy atom. The van der Waals surface area contributed by atoms with E-state index >= 15 is 0 Å². The average Bonchev–Trinajstić information content (AvgIpc) is 2.72. The number of amidine groups is 1. The zero-order valence-electron chi connectivity index (χ0n) is 16.2. The number of aliphatic imine (C=N–C) groups is 1. The Hall–Kier alpha value is -2.87. The van der Waals surface area contributed by atoms with Gasteiger partial charge in [-0.05, 0) is 48.9 Å². The predicted octanol–water partition coefficient (Wildman–Crippen LogP) is 3.49. The number of carbonyl (C=O) groups is 2. The molecule has 1 heterocycles. The second kappa shape index (κ2) is 9.56. The van der Waals surface area contributed by atoms with Crippen molar-refractivity contribution in [1.29, 1.82) is 0 Å². The molecule has 1 fully saturated rings. The first-order chi connectivity index (χ1) is 14.0. The van der Waals surface area contributed by atoms with Gasteiger partial charge in [0.25, 0.3) is 0 Å². The summed E-state index contributed by atoms with van der Waals surface area (Å²) in [7, 11) is 1.59. The third-order valence-electron chi connectivity index (χ3n) is 4.33. The number of thioether (sulfide) groups is 1. The number of halogens is 1. The number of benzene rings is 2. The predicted molar refractivity (Wildman–Crippen MR) is 112 cm³/mol. The van der Waals surface area contributed by atoms with Crippen molar-refractivity contribution in [2.45, 2.75) is 25.1 Å². The van der Waals surface area contributed by atoms with Gasteiger partial charge in [0.1, 0.15) is 11.6 Å². The zero-order chi connectivity index (χ0) is 20.8. The molecule has 0 aromatic heterocycles. The van der Waals surface area contributed by atoms with Gasteiger partial charge in [0.2, 0.25) is 11.8 Å². The highest BCUT2D eigenvalue weighted by atomic mass is 32.2. The number of ether oxygens (including phenoxy) is 1. The molecule has 8 heteroatoms. The lowest BCUT2D eigenvalue weighted by Gasteiger charge is -2.31. The largest absolute Gasteiger partial charge is 0.497 e. The van der Waals surface area contributed by atoms with Crippen LogP contribution in [0.15, 0.2) is 53.5 Å². The van der Waals surface area contributed by atoms with Crippen LogP contribution in [0.3, 0.4) is 0 Å². The number of carbonyl (C=O) groups excluding carboxylic acids is 2. The van der Waals surface area contributed by atoms with Crippen molar-refractivity contribution in [1.82, 2.24) is 10.2 Å². The zero-order valence-corrected chi connectivity index (χ0v) is 17.0. The monoisotopic (exact) mass is 415 g/mol. The number of nitrogens with zero attached hydrogens (tertiary/aromatic N) is 2. The van der Waals surface area contributed by atoms with Gasteiger partial charge < -0.3 is 10.1 Å². The fourth-order valence-corrected chi connectivity index (χ4v) is 3.95. The molecule has 1 aliphatic heterocycles. The first kappa shape index (κ1) is 20.9. The number of hydrogen-bond acceptors (Lipinski definition) is 5. The van der Waals surface area contributed by atoms with Crippen LogP contribution in [0, 0.1) is 5.82 Å². The van der Waals surface area contributed by atoms with Crippen LogP contribution in [0.1, 0.15) is 18.9 Å². The first-order valence-corrected chi connectivity index (χ1v) is 10.1. The van der Waals surface area contributed by atoms with E-state index in [1.54, 1.807) is 12.0 Å². The molecule has 2 amide bonds. The SMILES string of the molecule is CCNC(=O)C1CC(=O)N(Cc2ccc(OC)cc2)C(=Nc2ccc(F)cc2)S1. The van der Waals surface area contributed by atoms with E-state index in [0.29, 0.717) is 23.9 Å². The number of methoxy groups -OCH3 is 1. The third kappa shape index (κ3) is 5.35. The fraction of sp³-hybridized carbons (Fsp3) is 0.286. The molecule has 152 valence electrons. The van der Waals surface area contributed by atoms with Gasteiger partial charge in [-0.25, -0.2) is 9.38 Å². The average molecular weight is 415 g/mol. The van der Waals surface area contributed by atoms with E-state index in [1.165, 1.54) is 36.0 Å². The van der Waals surface area contributed by atoms with Crippen molar-refractivity contribution >= 4 is 34.4 Å². The Bertz CT molecular complexity index is 900. The lowest BCUT2D eigenvalue weighted by atomic mass is 10.2. The van der Waals surface area contributed by atoms with Crippen LogP contribution in [0.25, 0.3) is 0 Å². The highest BCUT2D eigenvalue weighted by Crippen LogP contribution is 2.30. The maximum Gasteiger partial charge on any atom is 0.234 e. The molecule has 0 radical (unpaired) electrons. The fourth-order valence-electron chi connectivity index (χ4n) is 2.82. The second-order valence-corrected chi connectivity index (χ2v) is 7.57. The number of nitrogens with one attached hydrogen (secondary N) is 1. The summed E-state index contributed by atoms with van der Waals surface area (Å²) in [5.74, 6) is -0.0142. The summed E-state index contributed by atoms with van der Waals surface area (Å²) in [6.07, 6.45) is 0.0924. The summed E-state index contributed by atoms with van der Waals surface area (Å²) < 4.78 is 18.4. The highest BCUT2D eigenvalue weighted by molar-refractivity contribution is 8.15. The standard InChI is InChI=1S/C21H22FN3O3S/c1-3-23-20(27)18-12-19(26)25(13-14-4-10-17(28-2)11-5-14)21(29-18)24-16-8-6-15(22)7-9-16/h4-11,18H,3,12-13H2,1-2H3,(H,23,27). The molecule has 0 saturated carbocycles. The van der Waals surface area contributed by atoms with Gasteiger partial charge in [-0.2, -0.15) is 0 Å². The number of hydrogen-bond donors (Lipinski definition) is 1. The molecule has 3 rings (SSSR count). The van der Waals surface area contributed by atoms with Crippen LogP contribution in [0.2, 0.25) is 0 Å². The van der Waals surface area contributed by atoms with Gasteiger partial charge >= 0.3 is 0 Å². The maximum atomic E-state index is 13.2. The summed E-state index contributed by atoms with van der Waals surface area (Å²) in [5, 5.41) is 2.63. The molecule has 1 saturated heterocycles. The van der Waals surface area contributed by atoms with Gasteiger partial charge in [-0.15, -0.1) is 0 Å². The van der Waals surface area contributed by atoms with Crippen molar-refractivity contribution < 1.29 is 18.7 Å². The first-order valence-electron chi connectivity index (χ1n) is 9.22. The normalized spacial score (nSPS) is 18.0. The number of amides is 2. The van der Waals surface area contributed by atoms with E-state index in [2.05, 4.69) is 10.3 Å². The minimum Gasteiger partial charge on any atom is -0.497 e. The second-order valence-electron chi connectivity index (χ2n) is 6.40. The van der Waals surface area contributed by atoms with Crippen molar-refractivity contribution in [2.24, 2.45) is 4.99 Å².